The fraction of sp³-hybridized carbons (Fsp3) is 0.296. The third-order valence-electron chi connectivity index (χ3n) is 5.64. The van der Waals surface area contributed by atoms with Gasteiger partial charge in [-0.25, -0.2) is 4.98 Å². The summed E-state index contributed by atoms with van der Waals surface area (Å²) in [5.74, 6) is 0.812. The van der Waals surface area contributed by atoms with E-state index in [9.17, 15) is 0 Å². The van der Waals surface area contributed by atoms with Crippen LogP contribution in [0.25, 0.3) is 10.2 Å². The van der Waals surface area contributed by atoms with Crippen LogP contribution in [-0.4, -0.2) is 31.8 Å². The standard InChI is InChI=1S/C27H30N4O2S/c1-4-20-6-8-21(9-7-20)19-33-17-16-31(5-2)23-12-10-22(11-13-23)29-30-27-28-25-15-14-24(32-3)18-26(25)34-27/h6-15,18H,4-5,16-17,19H2,1-3H3. The van der Waals surface area contributed by atoms with E-state index in [1.807, 2.05) is 30.3 Å². The number of thiazole rings is 1. The zero-order chi connectivity index (χ0) is 23.8. The van der Waals surface area contributed by atoms with E-state index in [4.69, 9.17) is 9.47 Å². The number of likely N-dealkylation sites (N-methyl/N-ethyl adjacent to an activating group) is 1. The lowest BCUT2D eigenvalue weighted by Crippen LogP contribution is -2.26. The van der Waals surface area contributed by atoms with Gasteiger partial charge >= 0.3 is 0 Å². The molecule has 0 atom stereocenters. The first-order valence-corrected chi connectivity index (χ1v) is 12.4. The van der Waals surface area contributed by atoms with Gasteiger partial charge in [0.15, 0.2) is 0 Å². The van der Waals surface area contributed by atoms with Crippen LogP contribution in [0.2, 0.25) is 0 Å². The highest BCUT2D eigenvalue weighted by atomic mass is 32.1. The number of nitrogens with zero attached hydrogens (tertiary/aromatic N) is 4. The number of ether oxygens (including phenoxy) is 2. The number of methoxy groups -OCH3 is 1. The van der Waals surface area contributed by atoms with Crippen molar-refractivity contribution in [2.24, 2.45) is 10.2 Å². The van der Waals surface area contributed by atoms with E-state index in [0.717, 1.165) is 46.9 Å². The molecule has 0 amide bonds. The molecule has 0 aliphatic rings. The van der Waals surface area contributed by atoms with Crippen LogP contribution in [0.15, 0.2) is 77.0 Å². The van der Waals surface area contributed by atoms with Crippen molar-refractivity contribution in [3.63, 3.8) is 0 Å². The highest BCUT2D eigenvalue weighted by Crippen LogP contribution is 2.32. The highest BCUT2D eigenvalue weighted by Gasteiger charge is 2.06. The molecule has 7 heteroatoms. The molecule has 4 aromatic rings. The average Bonchev–Trinajstić information content (AvgIpc) is 3.30. The number of rotatable bonds is 11. The Balaban J connectivity index is 1.30. The summed E-state index contributed by atoms with van der Waals surface area (Å²) >= 11 is 1.50. The lowest BCUT2D eigenvalue weighted by atomic mass is 10.1. The fourth-order valence-electron chi connectivity index (χ4n) is 3.60. The molecule has 6 nitrogen and oxygen atoms in total. The Labute approximate surface area is 204 Å². The Hall–Kier alpha value is -3.29. The van der Waals surface area contributed by atoms with Crippen molar-refractivity contribution < 1.29 is 9.47 Å². The second-order valence-corrected chi connectivity index (χ2v) is 8.86. The van der Waals surface area contributed by atoms with Crippen LogP contribution in [0.4, 0.5) is 16.5 Å². The Morgan fingerprint density at radius 3 is 2.38 bits per heavy atom. The molecule has 0 fully saturated rings. The van der Waals surface area contributed by atoms with E-state index >= 15 is 0 Å². The van der Waals surface area contributed by atoms with Gasteiger partial charge in [-0.3, -0.25) is 0 Å². The van der Waals surface area contributed by atoms with Gasteiger partial charge in [-0.15, -0.1) is 10.2 Å². The Morgan fingerprint density at radius 2 is 1.68 bits per heavy atom. The number of hydrogen-bond donors (Lipinski definition) is 0. The van der Waals surface area contributed by atoms with Crippen molar-refractivity contribution in [1.82, 2.24) is 4.98 Å². The molecule has 1 aromatic heterocycles. The van der Waals surface area contributed by atoms with Gasteiger partial charge in [0.25, 0.3) is 0 Å². The Bertz CT molecular complexity index is 1220. The molecule has 0 N–H and O–H groups in total. The molecule has 0 aliphatic carbocycles. The molecule has 0 aliphatic heterocycles. The second kappa shape index (κ2) is 11.7. The minimum atomic E-state index is 0.629. The number of aryl methyl sites for hydroxylation is 1. The predicted molar refractivity (Wildman–Crippen MR) is 140 cm³/mol. The molecule has 0 saturated carbocycles. The van der Waals surface area contributed by atoms with Gasteiger partial charge in [-0.1, -0.05) is 42.5 Å². The Morgan fingerprint density at radius 1 is 0.912 bits per heavy atom. The topological polar surface area (TPSA) is 59.3 Å². The average molecular weight is 475 g/mol. The lowest BCUT2D eigenvalue weighted by Gasteiger charge is -2.23. The zero-order valence-corrected chi connectivity index (χ0v) is 20.7. The monoisotopic (exact) mass is 474 g/mol. The van der Waals surface area contributed by atoms with Crippen LogP contribution >= 0.6 is 11.3 Å². The maximum atomic E-state index is 5.91. The number of aromatic nitrogens is 1. The molecule has 1 heterocycles. The minimum absolute atomic E-state index is 0.629. The van der Waals surface area contributed by atoms with Gasteiger partial charge in [0.05, 0.1) is 36.2 Å². The van der Waals surface area contributed by atoms with Crippen molar-refractivity contribution in [2.45, 2.75) is 26.9 Å². The first-order valence-electron chi connectivity index (χ1n) is 11.6. The smallest absolute Gasteiger partial charge is 0.231 e. The summed E-state index contributed by atoms with van der Waals surface area (Å²) in [5, 5.41) is 9.31. The van der Waals surface area contributed by atoms with E-state index in [1.165, 1.54) is 22.5 Å². The van der Waals surface area contributed by atoms with Gasteiger partial charge in [0.1, 0.15) is 5.75 Å². The summed E-state index contributed by atoms with van der Waals surface area (Å²) in [7, 11) is 1.66. The first-order chi connectivity index (χ1) is 16.7. The van der Waals surface area contributed by atoms with Crippen LogP contribution in [0.1, 0.15) is 25.0 Å². The number of azo groups is 1. The third-order valence-corrected chi connectivity index (χ3v) is 6.54. The molecular weight excluding hydrogens is 444 g/mol. The largest absolute Gasteiger partial charge is 0.497 e. The number of fused-ring (bicyclic) bond motifs is 1. The molecule has 0 spiro atoms. The van der Waals surface area contributed by atoms with E-state index in [2.05, 4.69) is 70.4 Å². The quantitative estimate of drug-likeness (QED) is 0.169. The van der Waals surface area contributed by atoms with E-state index in [1.54, 1.807) is 7.11 Å². The number of anilines is 1. The van der Waals surface area contributed by atoms with Crippen LogP contribution in [0.3, 0.4) is 0 Å². The maximum Gasteiger partial charge on any atom is 0.231 e. The van der Waals surface area contributed by atoms with Gasteiger partial charge < -0.3 is 14.4 Å². The minimum Gasteiger partial charge on any atom is -0.497 e. The molecule has 3 aromatic carbocycles. The number of hydrogen-bond acceptors (Lipinski definition) is 7. The van der Waals surface area contributed by atoms with Crippen molar-refractivity contribution >= 4 is 38.1 Å². The predicted octanol–water partition coefficient (Wildman–Crippen LogP) is 7.33. The molecule has 0 radical (unpaired) electrons. The molecule has 0 bridgehead atoms. The van der Waals surface area contributed by atoms with E-state index in [-0.39, 0.29) is 0 Å². The van der Waals surface area contributed by atoms with Gasteiger partial charge in [-0.05, 0) is 66.9 Å². The summed E-state index contributed by atoms with van der Waals surface area (Å²) in [6, 6.07) is 22.5. The summed E-state index contributed by atoms with van der Waals surface area (Å²) in [6.07, 6.45) is 1.06. The Kier molecular flexibility index (Phi) is 8.22. The highest BCUT2D eigenvalue weighted by molar-refractivity contribution is 7.21. The molecule has 176 valence electrons. The second-order valence-electron chi connectivity index (χ2n) is 7.85. The van der Waals surface area contributed by atoms with Gasteiger partial charge in [0.2, 0.25) is 5.13 Å². The van der Waals surface area contributed by atoms with Crippen LogP contribution in [-0.2, 0) is 17.8 Å². The summed E-state index contributed by atoms with van der Waals surface area (Å²) in [4.78, 5) is 6.81. The van der Waals surface area contributed by atoms with Crippen LogP contribution < -0.4 is 9.64 Å². The van der Waals surface area contributed by atoms with E-state index < -0.39 is 0 Å². The fourth-order valence-corrected chi connectivity index (χ4v) is 4.41. The normalized spacial score (nSPS) is 11.4. The zero-order valence-electron chi connectivity index (χ0n) is 19.9. The SMILES string of the molecule is CCc1ccc(COCCN(CC)c2ccc(N=Nc3nc4ccc(OC)cc4s3)cc2)cc1. The molecule has 0 saturated heterocycles. The van der Waals surface area contributed by atoms with Gasteiger partial charge in [-0.2, -0.15) is 0 Å². The van der Waals surface area contributed by atoms with E-state index in [0.29, 0.717) is 18.3 Å². The molecular formula is C27H30N4O2S. The van der Waals surface area contributed by atoms with Crippen LogP contribution in [0.5, 0.6) is 5.75 Å². The summed E-state index contributed by atoms with van der Waals surface area (Å²) < 4.78 is 12.2. The van der Waals surface area contributed by atoms with Crippen molar-refractivity contribution in [2.75, 3.05) is 31.7 Å². The van der Waals surface area contributed by atoms with Crippen molar-refractivity contribution in [3.8, 4) is 5.75 Å². The van der Waals surface area contributed by atoms with Crippen molar-refractivity contribution in [3.05, 3.63) is 77.9 Å². The van der Waals surface area contributed by atoms with Crippen LogP contribution in [0, 0.1) is 0 Å². The molecule has 34 heavy (non-hydrogen) atoms. The summed E-state index contributed by atoms with van der Waals surface area (Å²) in [5.41, 5.74) is 5.40. The first kappa shape index (κ1) is 23.9. The lowest BCUT2D eigenvalue weighted by molar-refractivity contribution is 0.127. The summed E-state index contributed by atoms with van der Waals surface area (Å²) in [6.45, 7) is 7.37. The number of benzene rings is 3. The maximum absolute atomic E-state index is 5.91. The molecule has 0 unspecified atom stereocenters. The molecule has 4 rings (SSSR count). The third kappa shape index (κ3) is 6.18. The van der Waals surface area contributed by atoms with Crippen molar-refractivity contribution in [1.29, 1.82) is 0 Å². The van der Waals surface area contributed by atoms with Gasteiger partial charge in [0, 0.05) is 18.8 Å².